The van der Waals surface area contributed by atoms with E-state index < -0.39 is 29.4 Å². The summed E-state index contributed by atoms with van der Waals surface area (Å²) >= 11 is 0. The van der Waals surface area contributed by atoms with Gasteiger partial charge in [-0.15, -0.1) is 0 Å². The summed E-state index contributed by atoms with van der Waals surface area (Å²) in [6, 6.07) is 7.96. The Hall–Kier alpha value is -2.90. The van der Waals surface area contributed by atoms with Crippen molar-refractivity contribution in [3.8, 4) is 0 Å². The van der Waals surface area contributed by atoms with Gasteiger partial charge in [-0.2, -0.15) is 5.10 Å². The molecule has 0 aliphatic carbocycles. The number of likely N-dealkylation sites (tertiary alicyclic amines) is 1. The third-order valence-corrected chi connectivity index (χ3v) is 4.35. The zero-order valence-electron chi connectivity index (χ0n) is 12.1. The van der Waals surface area contributed by atoms with Gasteiger partial charge in [-0.05, 0) is 12.0 Å². The molecule has 3 rings (SSSR count). The van der Waals surface area contributed by atoms with E-state index in [2.05, 4.69) is 10.5 Å². The predicted molar refractivity (Wildman–Crippen MR) is 78.9 cm³/mol. The number of hydrogen-bond donors (Lipinski definition) is 3. The lowest BCUT2D eigenvalue weighted by molar-refractivity contribution is -0.141. The summed E-state index contributed by atoms with van der Waals surface area (Å²) in [5.74, 6) is -1.69. The molecule has 2 atom stereocenters. The Kier molecular flexibility index (Phi) is 3.51. The van der Waals surface area contributed by atoms with Crippen molar-refractivity contribution in [3.63, 3.8) is 0 Å². The lowest BCUT2D eigenvalue weighted by atomic mass is 9.77. The molecule has 2 aliphatic rings. The van der Waals surface area contributed by atoms with Crippen LogP contribution in [0.5, 0.6) is 0 Å². The van der Waals surface area contributed by atoms with Gasteiger partial charge in [0.15, 0.2) is 0 Å². The molecule has 0 bridgehead atoms. The molecule has 3 N–H and O–H groups in total. The van der Waals surface area contributed by atoms with E-state index in [1.54, 1.807) is 0 Å². The number of nitrogens with one attached hydrogen (secondary N) is 1. The lowest BCUT2D eigenvalue weighted by Crippen LogP contribution is -2.47. The molecule has 1 spiro atoms. The predicted octanol–water partition coefficient (Wildman–Crippen LogP) is 0.734. The Morgan fingerprint density at radius 3 is 2.52 bits per heavy atom. The molecule has 1 aromatic carbocycles. The summed E-state index contributed by atoms with van der Waals surface area (Å²) < 4.78 is 0. The molecular formula is C15H15N3O5. The number of carbonyl (C=O) groups is 3. The van der Waals surface area contributed by atoms with Crippen LogP contribution < -0.4 is 5.43 Å². The largest absolute Gasteiger partial charge is 0.480 e. The number of benzene rings is 1. The van der Waals surface area contributed by atoms with Gasteiger partial charge in [0.05, 0.1) is 11.1 Å². The normalized spacial score (nSPS) is 26.8. The fourth-order valence-corrected chi connectivity index (χ4v) is 3.17. The lowest BCUT2D eigenvalue weighted by Gasteiger charge is -2.30. The second kappa shape index (κ2) is 5.38. The molecule has 8 nitrogen and oxygen atoms in total. The number of hydrazone groups is 1. The van der Waals surface area contributed by atoms with E-state index in [9.17, 15) is 24.6 Å². The minimum Gasteiger partial charge on any atom is -0.480 e. The number of carboxylic acids is 1. The van der Waals surface area contributed by atoms with Gasteiger partial charge in [-0.3, -0.25) is 9.69 Å². The van der Waals surface area contributed by atoms with Crippen molar-refractivity contribution in [1.29, 1.82) is 0 Å². The summed E-state index contributed by atoms with van der Waals surface area (Å²) in [5.41, 5.74) is 2.74. The number of aliphatic carboxylic acids is 1. The first-order valence-corrected chi connectivity index (χ1v) is 7.08. The minimum atomic E-state index is -1.34. The summed E-state index contributed by atoms with van der Waals surface area (Å²) in [4.78, 5) is 35.8. The van der Waals surface area contributed by atoms with E-state index in [1.807, 2.05) is 30.3 Å². The zero-order valence-corrected chi connectivity index (χ0v) is 12.1. The van der Waals surface area contributed by atoms with Crippen molar-refractivity contribution in [1.82, 2.24) is 10.3 Å². The smallest absolute Gasteiger partial charge is 0.408 e. The highest BCUT2D eigenvalue weighted by atomic mass is 16.4. The highest BCUT2D eigenvalue weighted by molar-refractivity contribution is 6.06. The Morgan fingerprint density at radius 2 is 1.96 bits per heavy atom. The van der Waals surface area contributed by atoms with Crippen LogP contribution >= 0.6 is 0 Å². The number of nitrogens with zero attached hydrogens (tertiary/aromatic N) is 2. The summed E-state index contributed by atoms with van der Waals surface area (Å²) in [7, 11) is 0. The summed E-state index contributed by atoms with van der Waals surface area (Å²) in [6.45, 7) is -0.156. The Bertz CT molecular complexity index is 678. The maximum absolute atomic E-state index is 12.3. The molecule has 8 heteroatoms. The van der Waals surface area contributed by atoms with Gasteiger partial charge in [0, 0.05) is 13.0 Å². The average molecular weight is 317 g/mol. The van der Waals surface area contributed by atoms with Crippen LogP contribution in [-0.4, -0.2) is 51.4 Å². The van der Waals surface area contributed by atoms with Gasteiger partial charge in [0.25, 0.3) is 0 Å². The molecule has 2 amide bonds. The average Bonchev–Trinajstić information content (AvgIpc) is 2.92. The first-order valence-electron chi connectivity index (χ1n) is 7.08. The minimum absolute atomic E-state index is 0.0632. The third kappa shape index (κ3) is 2.52. The second-order valence-corrected chi connectivity index (χ2v) is 5.79. The number of rotatable bonds is 2. The van der Waals surface area contributed by atoms with Crippen molar-refractivity contribution >= 4 is 23.7 Å². The van der Waals surface area contributed by atoms with Gasteiger partial charge in [-0.1, -0.05) is 30.3 Å². The molecule has 0 saturated carbocycles. The van der Waals surface area contributed by atoms with E-state index in [4.69, 9.17) is 0 Å². The van der Waals surface area contributed by atoms with Crippen LogP contribution in [0.1, 0.15) is 18.4 Å². The van der Waals surface area contributed by atoms with Gasteiger partial charge in [-0.25, -0.2) is 15.0 Å². The fraction of sp³-hybridized carbons (Fsp3) is 0.333. The van der Waals surface area contributed by atoms with E-state index in [0.717, 1.165) is 10.5 Å². The molecule has 120 valence electrons. The second-order valence-electron chi connectivity index (χ2n) is 5.79. The molecule has 0 radical (unpaired) electrons. The highest BCUT2D eigenvalue weighted by Gasteiger charge is 2.55. The molecule has 1 aromatic rings. The third-order valence-electron chi connectivity index (χ3n) is 4.35. The quantitative estimate of drug-likeness (QED) is 0.743. The van der Waals surface area contributed by atoms with Crippen molar-refractivity contribution < 1.29 is 24.6 Å². The van der Waals surface area contributed by atoms with Gasteiger partial charge < -0.3 is 10.2 Å². The standard InChI is InChI=1S/C15H15N3O5/c19-12(20)11-7-15(8-18(11)14(22)23)6-10(16-17-13(15)21)9-4-2-1-3-5-9/h1-5,11H,6-8H2,(H,17,21)(H,19,20)(H,22,23)/t11-,15-/m0/s1. The summed E-state index contributed by atoms with van der Waals surface area (Å²) in [6.07, 6.45) is -1.20. The first kappa shape index (κ1) is 15.0. The number of amides is 2. The van der Waals surface area contributed by atoms with Crippen LogP contribution in [0.15, 0.2) is 35.4 Å². The van der Waals surface area contributed by atoms with Crippen LogP contribution in [-0.2, 0) is 9.59 Å². The number of carboxylic acid groups (broad SMARTS) is 2. The first-order chi connectivity index (χ1) is 10.9. The highest BCUT2D eigenvalue weighted by Crippen LogP contribution is 2.41. The van der Waals surface area contributed by atoms with Gasteiger partial charge >= 0.3 is 12.1 Å². The molecule has 0 unspecified atom stereocenters. The molecule has 2 aliphatic heterocycles. The Balaban J connectivity index is 1.93. The van der Waals surface area contributed by atoms with E-state index >= 15 is 0 Å². The van der Waals surface area contributed by atoms with E-state index in [0.29, 0.717) is 5.71 Å². The maximum Gasteiger partial charge on any atom is 0.408 e. The number of carbonyl (C=O) groups excluding carboxylic acids is 1. The fourth-order valence-electron chi connectivity index (χ4n) is 3.17. The van der Waals surface area contributed by atoms with Crippen LogP contribution in [0.3, 0.4) is 0 Å². The topological polar surface area (TPSA) is 119 Å². The van der Waals surface area contributed by atoms with Gasteiger partial charge in [0.2, 0.25) is 5.91 Å². The maximum atomic E-state index is 12.3. The SMILES string of the molecule is O=C(O)[C@@H]1C[C@@]2(CC(c3ccccc3)=NNC2=O)CN1C(=O)O. The molecular weight excluding hydrogens is 302 g/mol. The Morgan fingerprint density at radius 1 is 1.26 bits per heavy atom. The van der Waals surface area contributed by atoms with Crippen molar-refractivity contribution in [2.24, 2.45) is 10.5 Å². The van der Waals surface area contributed by atoms with Crippen LogP contribution in [0, 0.1) is 5.41 Å². The Labute approximate surface area is 131 Å². The molecule has 23 heavy (non-hydrogen) atoms. The zero-order chi connectivity index (χ0) is 16.6. The van der Waals surface area contributed by atoms with Crippen molar-refractivity contribution in [2.75, 3.05) is 6.54 Å². The van der Waals surface area contributed by atoms with Crippen LogP contribution in [0.2, 0.25) is 0 Å². The molecule has 1 saturated heterocycles. The van der Waals surface area contributed by atoms with Crippen LogP contribution in [0.25, 0.3) is 0 Å². The molecule has 0 aromatic heterocycles. The van der Waals surface area contributed by atoms with Crippen molar-refractivity contribution in [2.45, 2.75) is 18.9 Å². The van der Waals surface area contributed by atoms with Gasteiger partial charge in [0.1, 0.15) is 6.04 Å². The monoisotopic (exact) mass is 317 g/mol. The van der Waals surface area contributed by atoms with Crippen LogP contribution in [0.4, 0.5) is 4.79 Å². The number of hydrogen-bond acceptors (Lipinski definition) is 4. The molecule has 1 fully saturated rings. The van der Waals surface area contributed by atoms with Crippen molar-refractivity contribution in [3.05, 3.63) is 35.9 Å². The molecule has 2 heterocycles. The van der Waals surface area contributed by atoms with E-state index in [1.165, 1.54) is 0 Å². The van der Waals surface area contributed by atoms with E-state index in [-0.39, 0.29) is 19.4 Å². The summed E-state index contributed by atoms with van der Waals surface area (Å²) in [5, 5.41) is 22.5.